The Morgan fingerprint density at radius 2 is 2.05 bits per heavy atom. The van der Waals surface area contributed by atoms with Gasteiger partial charge in [0.15, 0.2) is 0 Å². The molecule has 0 fully saturated rings. The Labute approximate surface area is 124 Å². The van der Waals surface area contributed by atoms with Crippen molar-refractivity contribution in [2.75, 3.05) is 0 Å². The average Bonchev–Trinajstić information content (AvgIpc) is 2.97. The van der Waals surface area contributed by atoms with E-state index in [1.807, 2.05) is 24.9 Å². The van der Waals surface area contributed by atoms with Crippen LogP contribution in [0.3, 0.4) is 0 Å². The number of aryl methyl sites for hydroxylation is 2. The van der Waals surface area contributed by atoms with E-state index in [9.17, 15) is 0 Å². The number of hydrogen-bond donors (Lipinski definition) is 1. The fraction of sp³-hybridized carbons (Fsp3) is 0.375. The summed E-state index contributed by atoms with van der Waals surface area (Å²) in [4.78, 5) is 4.84. The number of aromatic nitrogens is 4. The number of rotatable bonds is 3. The quantitative estimate of drug-likeness (QED) is 0.804. The predicted molar refractivity (Wildman–Crippen MR) is 84.9 cm³/mol. The smallest absolute Gasteiger partial charge is 0.144 e. The minimum Gasteiger partial charge on any atom is -0.326 e. The minimum absolute atomic E-state index is 0.327. The molecule has 0 bridgehead atoms. The maximum atomic E-state index is 5.74. The molecular weight excluding hydrogens is 262 g/mol. The molecular formula is C16H21N5. The van der Waals surface area contributed by atoms with Crippen LogP contribution in [0.1, 0.15) is 31.1 Å². The lowest BCUT2D eigenvalue weighted by Crippen LogP contribution is -2.03. The highest BCUT2D eigenvalue weighted by atomic mass is 15.3. The standard InChI is InChI=1S/C16H21N5/c1-10(2)21-15-6-5-12(8-17)7-14(15)18-16(21)13-9-20(4)19-11(13)3/h5-7,9-10H,8,17H2,1-4H3. The molecule has 2 N–H and O–H groups in total. The Kier molecular flexibility index (Phi) is 3.29. The third kappa shape index (κ3) is 2.23. The summed E-state index contributed by atoms with van der Waals surface area (Å²) in [6.45, 7) is 6.90. The van der Waals surface area contributed by atoms with Crippen LogP contribution in [0.25, 0.3) is 22.4 Å². The summed E-state index contributed by atoms with van der Waals surface area (Å²) >= 11 is 0. The molecule has 0 aliphatic carbocycles. The topological polar surface area (TPSA) is 61.7 Å². The van der Waals surface area contributed by atoms with Gasteiger partial charge in [0.2, 0.25) is 0 Å². The number of nitrogens with two attached hydrogens (primary N) is 1. The number of fused-ring (bicyclic) bond motifs is 1. The molecule has 0 aliphatic rings. The molecule has 0 aliphatic heterocycles. The Bertz CT molecular complexity index is 794. The van der Waals surface area contributed by atoms with Crippen LogP contribution < -0.4 is 5.73 Å². The van der Waals surface area contributed by atoms with Gasteiger partial charge in [-0.25, -0.2) is 4.98 Å². The maximum Gasteiger partial charge on any atom is 0.144 e. The first-order valence-electron chi connectivity index (χ1n) is 7.22. The molecule has 0 saturated carbocycles. The second kappa shape index (κ2) is 5.00. The van der Waals surface area contributed by atoms with E-state index in [1.54, 1.807) is 0 Å². The van der Waals surface area contributed by atoms with Gasteiger partial charge >= 0.3 is 0 Å². The second-order valence-electron chi connectivity index (χ2n) is 5.73. The van der Waals surface area contributed by atoms with Gasteiger partial charge in [-0.3, -0.25) is 4.68 Å². The van der Waals surface area contributed by atoms with Crippen molar-refractivity contribution in [2.24, 2.45) is 12.8 Å². The van der Waals surface area contributed by atoms with Crippen LogP contribution in [0.15, 0.2) is 24.4 Å². The lowest BCUT2D eigenvalue weighted by Gasteiger charge is -2.12. The molecule has 2 aromatic heterocycles. The molecule has 110 valence electrons. The number of benzene rings is 1. The van der Waals surface area contributed by atoms with E-state index in [2.05, 4.69) is 41.7 Å². The van der Waals surface area contributed by atoms with Gasteiger partial charge < -0.3 is 10.3 Å². The van der Waals surface area contributed by atoms with Crippen LogP contribution in [-0.4, -0.2) is 19.3 Å². The van der Waals surface area contributed by atoms with Crippen LogP contribution in [0, 0.1) is 6.92 Å². The van der Waals surface area contributed by atoms with Crippen LogP contribution in [0.4, 0.5) is 0 Å². The highest BCUT2D eigenvalue weighted by molar-refractivity contribution is 5.81. The molecule has 1 aromatic carbocycles. The summed E-state index contributed by atoms with van der Waals surface area (Å²) in [7, 11) is 1.94. The van der Waals surface area contributed by atoms with Gasteiger partial charge in [-0.1, -0.05) is 6.07 Å². The molecule has 0 saturated heterocycles. The fourth-order valence-corrected chi connectivity index (χ4v) is 2.80. The summed E-state index contributed by atoms with van der Waals surface area (Å²) in [5, 5.41) is 4.44. The molecule has 5 heteroatoms. The number of nitrogens with zero attached hydrogens (tertiary/aromatic N) is 4. The van der Waals surface area contributed by atoms with E-state index in [0.717, 1.165) is 33.7 Å². The van der Waals surface area contributed by atoms with E-state index in [0.29, 0.717) is 12.6 Å². The number of hydrogen-bond acceptors (Lipinski definition) is 3. The predicted octanol–water partition coefficient (Wildman–Crippen LogP) is 2.78. The third-order valence-electron chi connectivity index (χ3n) is 3.76. The summed E-state index contributed by atoms with van der Waals surface area (Å²) < 4.78 is 4.10. The molecule has 21 heavy (non-hydrogen) atoms. The van der Waals surface area contributed by atoms with Crippen molar-refractivity contribution < 1.29 is 0 Å². The molecule has 2 heterocycles. The van der Waals surface area contributed by atoms with E-state index in [-0.39, 0.29) is 0 Å². The molecule has 0 atom stereocenters. The SMILES string of the molecule is Cc1nn(C)cc1-c1nc2cc(CN)ccc2n1C(C)C. The summed E-state index contributed by atoms with van der Waals surface area (Å²) in [5.74, 6) is 0.972. The van der Waals surface area contributed by atoms with E-state index >= 15 is 0 Å². The first-order valence-corrected chi connectivity index (χ1v) is 7.22. The van der Waals surface area contributed by atoms with Crippen LogP contribution in [0.5, 0.6) is 0 Å². The average molecular weight is 283 g/mol. The lowest BCUT2D eigenvalue weighted by molar-refractivity contribution is 0.624. The first kappa shape index (κ1) is 13.8. The van der Waals surface area contributed by atoms with Gasteiger partial charge in [0.1, 0.15) is 5.82 Å². The fourth-order valence-electron chi connectivity index (χ4n) is 2.80. The van der Waals surface area contributed by atoms with Gasteiger partial charge in [-0.05, 0) is 38.5 Å². The zero-order valence-corrected chi connectivity index (χ0v) is 13.0. The maximum absolute atomic E-state index is 5.74. The molecule has 5 nitrogen and oxygen atoms in total. The number of imidazole rings is 1. The molecule has 0 radical (unpaired) electrons. The van der Waals surface area contributed by atoms with Crippen molar-refractivity contribution in [1.82, 2.24) is 19.3 Å². The summed E-state index contributed by atoms with van der Waals surface area (Å²) in [5.41, 5.74) is 11.0. The van der Waals surface area contributed by atoms with Crippen molar-refractivity contribution in [1.29, 1.82) is 0 Å². The highest BCUT2D eigenvalue weighted by Crippen LogP contribution is 2.30. The van der Waals surface area contributed by atoms with Crippen LogP contribution >= 0.6 is 0 Å². The Morgan fingerprint density at radius 1 is 1.29 bits per heavy atom. The van der Waals surface area contributed by atoms with E-state index in [4.69, 9.17) is 10.7 Å². The summed E-state index contributed by atoms with van der Waals surface area (Å²) in [6, 6.07) is 6.58. The van der Waals surface area contributed by atoms with Crippen molar-refractivity contribution in [3.63, 3.8) is 0 Å². The van der Waals surface area contributed by atoms with Crippen molar-refractivity contribution >= 4 is 11.0 Å². The second-order valence-corrected chi connectivity index (χ2v) is 5.73. The van der Waals surface area contributed by atoms with E-state index in [1.165, 1.54) is 0 Å². The van der Waals surface area contributed by atoms with Crippen molar-refractivity contribution in [3.05, 3.63) is 35.7 Å². The van der Waals surface area contributed by atoms with Gasteiger partial charge in [-0.2, -0.15) is 5.10 Å². The van der Waals surface area contributed by atoms with Gasteiger partial charge in [0, 0.05) is 25.8 Å². The Hall–Kier alpha value is -2.14. The van der Waals surface area contributed by atoms with Crippen molar-refractivity contribution in [2.45, 2.75) is 33.4 Å². The monoisotopic (exact) mass is 283 g/mol. The zero-order chi connectivity index (χ0) is 15.1. The normalized spacial score (nSPS) is 11.7. The largest absolute Gasteiger partial charge is 0.326 e. The molecule has 3 rings (SSSR count). The lowest BCUT2D eigenvalue weighted by atomic mass is 10.2. The van der Waals surface area contributed by atoms with Crippen LogP contribution in [0.2, 0.25) is 0 Å². The first-order chi connectivity index (χ1) is 10.0. The van der Waals surface area contributed by atoms with Gasteiger partial charge in [0.25, 0.3) is 0 Å². The van der Waals surface area contributed by atoms with Crippen molar-refractivity contribution in [3.8, 4) is 11.4 Å². The molecule has 0 spiro atoms. The summed E-state index contributed by atoms with van der Waals surface area (Å²) in [6.07, 6.45) is 2.03. The highest BCUT2D eigenvalue weighted by Gasteiger charge is 2.18. The molecule has 0 unspecified atom stereocenters. The minimum atomic E-state index is 0.327. The van der Waals surface area contributed by atoms with E-state index < -0.39 is 0 Å². The molecule has 3 aromatic rings. The Morgan fingerprint density at radius 3 is 2.62 bits per heavy atom. The van der Waals surface area contributed by atoms with Gasteiger partial charge in [-0.15, -0.1) is 0 Å². The van der Waals surface area contributed by atoms with Gasteiger partial charge in [0.05, 0.1) is 22.3 Å². The van der Waals surface area contributed by atoms with Crippen LogP contribution in [-0.2, 0) is 13.6 Å². The Balaban J connectivity index is 2.31. The third-order valence-corrected chi connectivity index (χ3v) is 3.76. The molecule has 0 amide bonds. The zero-order valence-electron chi connectivity index (χ0n) is 13.0.